The molecule has 1 heterocycles. The summed E-state index contributed by atoms with van der Waals surface area (Å²) in [5.74, 6) is 0. The van der Waals surface area contributed by atoms with Crippen molar-refractivity contribution in [1.29, 1.82) is 0 Å². The molecule has 28 aromatic rings. The van der Waals surface area contributed by atoms with Crippen molar-refractivity contribution in [2.45, 2.75) is 23.7 Å². The van der Waals surface area contributed by atoms with Crippen LogP contribution in [-0.4, -0.2) is 77.4 Å². The molecule has 364 valence electrons. The molecule has 0 saturated carbocycles. The molecule has 7 heteroatoms. The third kappa shape index (κ3) is 2.28. The second kappa shape index (κ2) is 9.16. The van der Waals surface area contributed by atoms with Crippen molar-refractivity contribution in [3.05, 3.63) is 22.3 Å². The molecule has 1 fully saturated rings. The highest BCUT2D eigenvalue weighted by molar-refractivity contribution is 6.82. The maximum atomic E-state index is 6.51. The van der Waals surface area contributed by atoms with Gasteiger partial charge in [0.1, 0.15) is 0 Å². The lowest BCUT2D eigenvalue weighted by Gasteiger charge is -2.47. The van der Waals surface area contributed by atoms with Gasteiger partial charge in [0, 0.05) is 12.8 Å². The van der Waals surface area contributed by atoms with Gasteiger partial charge in [-0.05, 0) is 313 Å². The number of nitrogens with zero attached hydrogens (tertiary/aromatic N) is 1. The smallest absolute Gasteiger partial charge is 0.0940 e. The van der Waals surface area contributed by atoms with Crippen LogP contribution in [-0.2, 0) is 25.0 Å². The Bertz CT molecular complexity index is 6750. The summed E-state index contributed by atoms with van der Waals surface area (Å²) in [6.07, 6.45) is 2.06. The summed E-state index contributed by atoms with van der Waals surface area (Å²) in [6, 6.07) is 0. The van der Waals surface area contributed by atoms with Crippen LogP contribution in [0.25, 0.3) is 291 Å². The fraction of sp³-hybridized carbons (Fsp3) is 0.205. The molecular formula is C73H30ClIN2O3. The number of likely N-dealkylation sites (N-methyl/N-ethyl adjacent to an activating group) is 1. The van der Waals surface area contributed by atoms with Crippen LogP contribution in [0.5, 0.6) is 0 Å². The zero-order valence-corrected chi connectivity index (χ0v) is 45.5. The fourth-order valence-corrected chi connectivity index (χ4v) is 26.8. The Morgan fingerprint density at radius 3 is 0.625 bits per heavy atom. The monoisotopic (exact) mass is 1140 g/mol. The van der Waals surface area contributed by atoms with Gasteiger partial charge < -0.3 is 60.8 Å². The van der Waals surface area contributed by atoms with Gasteiger partial charge in [0.2, 0.25) is 0 Å². The number of rotatable bonds is 13. The Morgan fingerprint density at radius 1 is 0.275 bits per heavy atom. The van der Waals surface area contributed by atoms with Crippen molar-refractivity contribution >= 4 is 291 Å². The van der Waals surface area contributed by atoms with E-state index in [4.69, 9.17) is 14.2 Å². The molecule has 1 saturated heterocycles. The zero-order chi connectivity index (χ0) is 47.6. The first-order valence-corrected chi connectivity index (χ1v) is 29.8. The van der Waals surface area contributed by atoms with E-state index in [0.717, 1.165) is 56.7 Å². The summed E-state index contributed by atoms with van der Waals surface area (Å²) in [5, 5.41) is 90.9. The summed E-state index contributed by atoms with van der Waals surface area (Å²) >= 11 is 0. The van der Waals surface area contributed by atoms with Crippen LogP contribution in [0.15, 0.2) is 0 Å². The summed E-state index contributed by atoms with van der Waals surface area (Å²) < 4.78 is 19.3. The van der Waals surface area contributed by atoms with E-state index < -0.39 is 0 Å². The van der Waals surface area contributed by atoms with Crippen molar-refractivity contribution in [3.63, 3.8) is 0 Å². The predicted molar refractivity (Wildman–Crippen MR) is 324 cm³/mol. The van der Waals surface area contributed by atoms with Crippen molar-refractivity contribution in [2.24, 2.45) is 0 Å². The van der Waals surface area contributed by atoms with E-state index in [9.17, 15) is 0 Å². The quantitative estimate of drug-likeness (QED) is 0.0542. The van der Waals surface area contributed by atoms with E-state index in [-0.39, 0.29) is 47.2 Å². The van der Waals surface area contributed by atoms with E-state index in [1.807, 2.05) is 22.3 Å². The van der Waals surface area contributed by atoms with E-state index in [1.54, 1.807) is 291 Å². The van der Waals surface area contributed by atoms with Crippen molar-refractivity contribution < 1.29 is 60.8 Å². The van der Waals surface area contributed by atoms with Crippen LogP contribution in [0.4, 0.5) is 0 Å². The first-order chi connectivity index (χ1) is 38.7. The third-order valence-corrected chi connectivity index (χ3v) is 27.2. The molecule has 3 N–H and O–H groups in total. The number of halogens is 2. The normalized spacial score (nSPS) is 22.9. The van der Waals surface area contributed by atoms with Gasteiger partial charge in [-0.3, -0.25) is 0 Å². The molecule has 0 radical (unpaired) electrons. The summed E-state index contributed by atoms with van der Waals surface area (Å²) in [6.45, 7) is 8.40. The largest absolute Gasteiger partial charge is 1.00 e. The lowest BCUT2D eigenvalue weighted by Crippen LogP contribution is -3.00. The highest BCUT2D eigenvalue weighted by Gasteiger charge is 2.76. The van der Waals surface area contributed by atoms with Crippen molar-refractivity contribution in [1.82, 2.24) is 0 Å². The molecule has 0 atom stereocenters. The maximum absolute atomic E-state index is 6.51. The standard InChI is InChI=1S/C73H29N2O3.ClH.HI/c1-75(5-3-7-77-9-11-78-10-8-76-6-2-4-74)12-72-68-60-52-42-32-24-16-14-15-18-22-20(16)28-36-30(22)40-34-26(18)27-19(15)23-21-17(14)25(24)33-39-29(21)37-31(23)41-35(27)45-44(34)54-48(40)58-50(36)56(46(52)38(28)32)64(68)66(58)70-62(54)63-55(45)49(41)59-51(37)57-47(39)53(43(33)42)61(60)69(72)65(57)67(59)71(63)73(70,72)13-75;;/h2-13,74H2,1H3;2*1H/q+1;;/p-1. The highest BCUT2D eigenvalue weighted by Crippen LogP contribution is 2.85. The van der Waals surface area contributed by atoms with Gasteiger partial charge in [0.05, 0.1) is 83.7 Å². The van der Waals surface area contributed by atoms with Gasteiger partial charge in [-0.2, -0.15) is 0 Å². The summed E-state index contributed by atoms with van der Waals surface area (Å²) in [7, 11) is 2.73. The van der Waals surface area contributed by atoms with Gasteiger partial charge in [0.25, 0.3) is 0 Å². The van der Waals surface area contributed by atoms with Crippen LogP contribution >= 0.6 is 0 Å². The molecule has 5 nitrogen and oxygen atoms in total. The minimum atomic E-state index is -0.183. The summed E-state index contributed by atoms with van der Waals surface area (Å²) in [5.41, 5.74) is 10.8. The van der Waals surface area contributed by atoms with E-state index >= 15 is 0 Å². The molecule has 80 heavy (non-hydrogen) atoms. The average molecular weight is 1150 g/mol. The van der Waals surface area contributed by atoms with Crippen LogP contribution in [0.1, 0.15) is 35.1 Å². The molecule has 33 rings (SSSR count). The Morgan fingerprint density at radius 2 is 0.438 bits per heavy atom. The molecule has 4 aliphatic carbocycles. The Labute approximate surface area is 467 Å². The van der Waals surface area contributed by atoms with Crippen LogP contribution in [0.3, 0.4) is 0 Å². The van der Waals surface area contributed by atoms with Gasteiger partial charge >= 0.3 is 0 Å². The van der Waals surface area contributed by atoms with Gasteiger partial charge in [-0.25, -0.2) is 0 Å². The number of ether oxygens (including phenoxy) is 3. The third-order valence-electron chi connectivity index (χ3n) is 27.2. The Hall–Kier alpha value is -6.72. The molecule has 1 aliphatic heterocycles. The topological polar surface area (TPSA) is 55.3 Å². The van der Waals surface area contributed by atoms with Crippen LogP contribution in [0, 0.1) is 0 Å². The first-order valence-electron chi connectivity index (χ1n) is 29.8. The molecule has 5 aliphatic rings. The number of benzene rings is 18. The number of likely N-dealkylation sites (tertiary alicyclic amines) is 1. The molecule has 0 aromatic heterocycles. The summed E-state index contributed by atoms with van der Waals surface area (Å²) in [4.78, 5) is 0. The van der Waals surface area contributed by atoms with Gasteiger partial charge in [0.15, 0.2) is 0 Å². The molecule has 2 spiro atoms. The second-order valence-corrected chi connectivity index (χ2v) is 28.6. The minimum absolute atomic E-state index is 0. The van der Waals surface area contributed by atoms with Gasteiger partial charge in [-0.15, -0.1) is 0 Å². The lowest BCUT2D eigenvalue weighted by atomic mass is 9.50. The molecule has 0 bridgehead atoms. The zero-order valence-electron chi connectivity index (χ0n) is 42.6. The highest BCUT2D eigenvalue weighted by atomic mass is 127. The Kier molecular flexibility index (Phi) is 4.19. The lowest BCUT2D eigenvalue weighted by molar-refractivity contribution is -0.900. The fourth-order valence-electron chi connectivity index (χ4n) is 26.8. The van der Waals surface area contributed by atoms with E-state index in [0.29, 0.717) is 26.4 Å². The van der Waals surface area contributed by atoms with E-state index in [1.165, 1.54) is 0 Å². The second-order valence-electron chi connectivity index (χ2n) is 28.6. The predicted octanol–water partition coefficient (Wildman–Crippen LogP) is 9.83. The average Bonchev–Trinajstić information content (AvgIpc) is 1.41. The van der Waals surface area contributed by atoms with Crippen molar-refractivity contribution in [2.75, 3.05) is 72.9 Å². The van der Waals surface area contributed by atoms with E-state index in [2.05, 4.69) is 12.8 Å². The molecule has 28 aromatic carbocycles. The van der Waals surface area contributed by atoms with Crippen LogP contribution in [0.2, 0.25) is 0 Å². The molecule has 0 amide bonds. The SMILES string of the molecule is C[N+]1(CCCOCCOCCOCCC[NH3+])CC23c4c5c6c7c8c9c(c%10c%11c2c2c4c4c%12c5c5c6c6c8c8c%13c9c9c%10c%10c%11c%11c2c2c4c4c%12c%12c5c5c6c8c6c8c%13c9c9c%10c%10c%11c2c2c4c4c%12c5c6c5c8c9c%10c2c45)C73C1.[Cl-].[I-]. The Balaban J connectivity index is 0.00000192. The van der Waals surface area contributed by atoms with Crippen molar-refractivity contribution in [3.8, 4) is 0 Å². The van der Waals surface area contributed by atoms with Crippen LogP contribution < -0.4 is 42.1 Å². The minimum Gasteiger partial charge on any atom is -1.00 e. The molecular weight excluding hydrogens is 1120 g/mol. The number of hydrogen-bond acceptors (Lipinski definition) is 3. The maximum Gasteiger partial charge on any atom is 0.0940 e. The molecule has 0 unspecified atom stereocenters. The first kappa shape index (κ1) is 36.6. The van der Waals surface area contributed by atoms with Gasteiger partial charge in [-0.1, -0.05) is 0 Å². The number of quaternary nitrogens is 2. The number of hydrogen-bond donors (Lipinski definition) is 1.